The van der Waals surface area contributed by atoms with Crippen molar-refractivity contribution in [2.24, 2.45) is 0 Å². The Bertz CT molecular complexity index is 622. The summed E-state index contributed by atoms with van der Waals surface area (Å²) in [6.45, 7) is 6.37. The Morgan fingerprint density at radius 1 is 1.23 bits per heavy atom. The molecule has 5 nitrogen and oxygen atoms in total. The zero-order valence-electron chi connectivity index (χ0n) is 13.8. The molecule has 0 fully saturated rings. The largest absolute Gasteiger partial charge is 0.496 e. The van der Waals surface area contributed by atoms with Crippen LogP contribution in [0.25, 0.3) is 0 Å². The molecule has 2 aromatic rings. The van der Waals surface area contributed by atoms with Crippen molar-refractivity contribution in [1.29, 1.82) is 0 Å². The van der Waals surface area contributed by atoms with Gasteiger partial charge >= 0.3 is 0 Å². The first kappa shape index (κ1) is 16.5. The highest BCUT2D eigenvalue weighted by Crippen LogP contribution is 2.21. The summed E-state index contributed by atoms with van der Waals surface area (Å²) in [6.07, 6.45) is 0. The maximum Gasteiger partial charge on any atom is 0.123 e. The molecule has 1 heterocycles. The van der Waals surface area contributed by atoms with Gasteiger partial charge in [0, 0.05) is 29.9 Å². The Balaban J connectivity index is 2.10. The van der Waals surface area contributed by atoms with Gasteiger partial charge < -0.3 is 9.84 Å². The SMILES string of the molecule is COc1ccccc1CN(C)Cc1c(C)nn(CCO)c1C. The summed E-state index contributed by atoms with van der Waals surface area (Å²) < 4.78 is 7.29. The van der Waals surface area contributed by atoms with Gasteiger partial charge in [-0.15, -0.1) is 0 Å². The zero-order chi connectivity index (χ0) is 16.1. The average Bonchev–Trinajstić information content (AvgIpc) is 2.76. The van der Waals surface area contributed by atoms with E-state index in [-0.39, 0.29) is 6.61 Å². The highest BCUT2D eigenvalue weighted by atomic mass is 16.5. The molecule has 1 aromatic carbocycles. The maximum atomic E-state index is 9.09. The summed E-state index contributed by atoms with van der Waals surface area (Å²) in [7, 11) is 3.79. The van der Waals surface area contributed by atoms with Crippen LogP contribution in [0.4, 0.5) is 0 Å². The molecule has 0 saturated heterocycles. The number of nitrogens with zero attached hydrogens (tertiary/aromatic N) is 3. The van der Waals surface area contributed by atoms with Crippen molar-refractivity contribution >= 4 is 0 Å². The standard InChI is InChI=1S/C17H25N3O2/c1-13-16(14(2)20(18-13)9-10-21)12-19(3)11-15-7-5-6-8-17(15)22-4/h5-8,21H,9-12H2,1-4H3. The lowest BCUT2D eigenvalue weighted by molar-refractivity contribution is 0.267. The molecule has 0 aliphatic rings. The molecule has 120 valence electrons. The number of aromatic nitrogens is 2. The van der Waals surface area contributed by atoms with Gasteiger partial charge in [-0.05, 0) is 27.0 Å². The van der Waals surface area contributed by atoms with Crippen LogP contribution in [-0.4, -0.2) is 40.6 Å². The molecule has 22 heavy (non-hydrogen) atoms. The van der Waals surface area contributed by atoms with Crippen molar-refractivity contribution in [2.75, 3.05) is 20.8 Å². The zero-order valence-corrected chi connectivity index (χ0v) is 13.8. The highest BCUT2D eigenvalue weighted by Gasteiger charge is 2.14. The lowest BCUT2D eigenvalue weighted by Gasteiger charge is -2.18. The van der Waals surface area contributed by atoms with E-state index in [0.717, 1.165) is 30.2 Å². The third-order valence-electron chi connectivity index (χ3n) is 3.90. The number of rotatable bonds is 7. The van der Waals surface area contributed by atoms with Gasteiger partial charge in [0.2, 0.25) is 0 Å². The molecule has 0 bridgehead atoms. The van der Waals surface area contributed by atoms with E-state index in [1.54, 1.807) is 7.11 Å². The van der Waals surface area contributed by atoms with Crippen LogP contribution in [-0.2, 0) is 19.6 Å². The fourth-order valence-corrected chi connectivity index (χ4v) is 2.73. The molecule has 0 spiro atoms. The Hall–Kier alpha value is -1.85. The smallest absolute Gasteiger partial charge is 0.123 e. The minimum atomic E-state index is 0.110. The third-order valence-corrected chi connectivity index (χ3v) is 3.90. The van der Waals surface area contributed by atoms with Crippen LogP contribution in [0.3, 0.4) is 0 Å². The van der Waals surface area contributed by atoms with Gasteiger partial charge in [0.25, 0.3) is 0 Å². The maximum absolute atomic E-state index is 9.09. The molecule has 0 atom stereocenters. The minimum absolute atomic E-state index is 0.110. The van der Waals surface area contributed by atoms with Crippen molar-refractivity contribution in [1.82, 2.24) is 14.7 Å². The Kier molecular flexibility index (Phi) is 5.57. The summed E-state index contributed by atoms with van der Waals surface area (Å²) >= 11 is 0. The number of hydrogen-bond acceptors (Lipinski definition) is 4. The average molecular weight is 303 g/mol. The third kappa shape index (κ3) is 3.67. The molecular weight excluding hydrogens is 278 g/mol. The number of hydrogen-bond donors (Lipinski definition) is 1. The summed E-state index contributed by atoms with van der Waals surface area (Å²) in [5.74, 6) is 0.916. The molecule has 0 amide bonds. The number of aliphatic hydroxyl groups excluding tert-OH is 1. The summed E-state index contributed by atoms with van der Waals surface area (Å²) in [5, 5.41) is 13.6. The summed E-state index contributed by atoms with van der Waals surface area (Å²) in [6, 6.07) is 8.08. The van der Waals surface area contributed by atoms with Gasteiger partial charge in [-0.3, -0.25) is 9.58 Å². The highest BCUT2D eigenvalue weighted by molar-refractivity contribution is 5.33. The predicted octanol–water partition coefficient (Wildman–Crippen LogP) is 2.13. The van der Waals surface area contributed by atoms with Crippen molar-refractivity contribution in [3.8, 4) is 5.75 Å². The van der Waals surface area contributed by atoms with Crippen LogP contribution in [0.5, 0.6) is 5.75 Å². The van der Waals surface area contributed by atoms with Crippen molar-refractivity contribution < 1.29 is 9.84 Å². The number of benzene rings is 1. The lowest BCUT2D eigenvalue weighted by atomic mass is 10.1. The quantitative estimate of drug-likeness (QED) is 0.851. The van der Waals surface area contributed by atoms with E-state index in [0.29, 0.717) is 6.54 Å². The molecule has 0 saturated carbocycles. The number of methoxy groups -OCH3 is 1. The van der Waals surface area contributed by atoms with Gasteiger partial charge in [-0.1, -0.05) is 18.2 Å². The molecule has 0 unspecified atom stereocenters. The number of aliphatic hydroxyl groups is 1. The second kappa shape index (κ2) is 7.42. The molecule has 0 radical (unpaired) electrons. The predicted molar refractivity (Wildman–Crippen MR) is 87.0 cm³/mol. The molecule has 0 aliphatic heterocycles. The second-order valence-corrected chi connectivity index (χ2v) is 5.58. The van der Waals surface area contributed by atoms with Gasteiger partial charge in [-0.25, -0.2) is 0 Å². The van der Waals surface area contributed by atoms with Crippen molar-refractivity contribution in [2.45, 2.75) is 33.5 Å². The normalized spacial score (nSPS) is 11.2. The van der Waals surface area contributed by atoms with Gasteiger partial charge in [-0.2, -0.15) is 5.10 Å². The molecule has 0 aliphatic carbocycles. The molecule has 1 aromatic heterocycles. The van der Waals surface area contributed by atoms with Crippen molar-refractivity contribution in [3.63, 3.8) is 0 Å². The van der Waals surface area contributed by atoms with Crippen LogP contribution in [0.2, 0.25) is 0 Å². The van der Waals surface area contributed by atoms with E-state index in [1.165, 1.54) is 11.1 Å². The van der Waals surface area contributed by atoms with Crippen LogP contribution >= 0.6 is 0 Å². The van der Waals surface area contributed by atoms with Gasteiger partial charge in [0.05, 0.1) is 26.0 Å². The monoisotopic (exact) mass is 303 g/mol. The van der Waals surface area contributed by atoms with E-state index < -0.39 is 0 Å². The molecule has 1 N–H and O–H groups in total. The van der Waals surface area contributed by atoms with Crippen LogP contribution < -0.4 is 4.74 Å². The summed E-state index contributed by atoms with van der Waals surface area (Å²) in [4.78, 5) is 2.25. The Morgan fingerprint density at radius 2 is 1.95 bits per heavy atom. The molecular formula is C17H25N3O2. The molecule has 5 heteroatoms. The fraction of sp³-hybridized carbons (Fsp3) is 0.471. The van der Waals surface area contributed by atoms with Crippen molar-refractivity contribution in [3.05, 3.63) is 46.8 Å². The molecule has 2 rings (SSSR count). The van der Waals surface area contributed by atoms with E-state index in [4.69, 9.17) is 9.84 Å². The number of aryl methyl sites for hydroxylation is 1. The van der Waals surface area contributed by atoms with E-state index >= 15 is 0 Å². The lowest BCUT2D eigenvalue weighted by Crippen LogP contribution is -2.18. The van der Waals surface area contributed by atoms with Gasteiger partial charge in [0.15, 0.2) is 0 Å². The summed E-state index contributed by atoms with van der Waals surface area (Å²) in [5.41, 5.74) is 4.55. The van der Waals surface area contributed by atoms with Crippen LogP contribution in [0, 0.1) is 13.8 Å². The Labute approximate surface area is 132 Å². The topological polar surface area (TPSA) is 50.5 Å². The second-order valence-electron chi connectivity index (χ2n) is 5.58. The van der Waals surface area contributed by atoms with E-state index in [9.17, 15) is 0 Å². The number of para-hydroxylation sites is 1. The van der Waals surface area contributed by atoms with Crippen LogP contribution in [0.1, 0.15) is 22.5 Å². The van der Waals surface area contributed by atoms with E-state index in [2.05, 4.69) is 30.0 Å². The van der Waals surface area contributed by atoms with Crippen LogP contribution in [0.15, 0.2) is 24.3 Å². The number of ether oxygens (including phenoxy) is 1. The minimum Gasteiger partial charge on any atom is -0.496 e. The van der Waals surface area contributed by atoms with Gasteiger partial charge in [0.1, 0.15) is 5.75 Å². The first-order valence-electron chi connectivity index (χ1n) is 7.51. The van der Waals surface area contributed by atoms with E-state index in [1.807, 2.05) is 29.8 Å². The first-order chi connectivity index (χ1) is 10.6. The fourth-order valence-electron chi connectivity index (χ4n) is 2.73. The Morgan fingerprint density at radius 3 is 2.64 bits per heavy atom. The first-order valence-corrected chi connectivity index (χ1v) is 7.51.